The molecule has 4 N–H and O–H groups in total. The summed E-state index contributed by atoms with van der Waals surface area (Å²) in [5.41, 5.74) is 2.51. The van der Waals surface area contributed by atoms with Gasteiger partial charge in [0, 0.05) is 26.3 Å². The Labute approximate surface area is 119 Å². The van der Waals surface area contributed by atoms with Gasteiger partial charge in [-0.2, -0.15) is 0 Å². The van der Waals surface area contributed by atoms with E-state index in [-0.39, 0.29) is 0 Å². The Balaban J connectivity index is 2.36. The Morgan fingerprint density at radius 1 is 1.25 bits per heavy atom. The molecular formula is C12H24N6O2. The number of nitrogens with two attached hydrogens (primary N) is 1. The van der Waals surface area contributed by atoms with Gasteiger partial charge in [-0.1, -0.05) is 0 Å². The van der Waals surface area contributed by atoms with Crippen molar-refractivity contribution >= 4 is 11.6 Å². The predicted molar refractivity (Wildman–Crippen MR) is 78.4 cm³/mol. The van der Waals surface area contributed by atoms with E-state index in [0.29, 0.717) is 43.8 Å². The number of nitrogens with zero attached hydrogens (tertiary/aromatic N) is 3. The molecule has 0 aromatic carbocycles. The second kappa shape index (κ2) is 9.43. The first-order chi connectivity index (χ1) is 9.65. The van der Waals surface area contributed by atoms with Crippen molar-refractivity contribution in [3.8, 4) is 0 Å². The van der Waals surface area contributed by atoms with Crippen LogP contribution in [0.3, 0.4) is 0 Å². The van der Waals surface area contributed by atoms with Gasteiger partial charge in [0.05, 0.1) is 13.2 Å². The molecule has 0 spiro atoms. The largest absolute Gasteiger partial charge is 0.378 e. The van der Waals surface area contributed by atoms with Gasteiger partial charge in [-0.25, -0.2) is 15.8 Å². The lowest BCUT2D eigenvalue weighted by Gasteiger charge is -2.11. The number of likely N-dealkylation sites (N-methyl/N-ethyl adjacent to an activating group) is 1. The van der Waals surface area contributed by atoms with Crippen molar-refractivity contribution in [2.45, 2.75) is 6.61 Å². The number of rotatable bonds is 10. The Hall–Kier alpha value is -1.48. The maximum absolute atomic E-state index is 5.49. The number of aromatic nitrogens is 2. The van der Waals surface area contributed by atoms with Crippen LogP contribution in [0.25, 0.3) is 0 Å². The van der Waals surface area contributed by atoms with Crippen LogP contribution in [0.4, 0.5) is 11.6 Å². The van der Waals surface area contributed by atoms with Gasteiger partial charge in [-0.3, -0.25) is 0 Å². The van der Waals surface area contributed by atoms with Gasteiger partial charge in [0.15, 0.2) is 5.82 Å². The summed E-state index contributed by atoms with van der Waals surface area (Å²) in [7, 11) is 5.62. The summed E-state index contributed by atoms with van der Waals surface area (Å²) in [5.74, 6) is 7.17. The topological polar surface area (TPSA) is 97.6 Å². The highest BCUT2D eigenvalue weighted by atomic mass is 16.5. The molecule has 20 heavy (non-hydrogen) atoms. The Morgan fingerprint density at radius 3 is 2.65 bits per heavy atom. The van der Waals surface area contributed by atoms with Gasteiger partial charge >= 0.3 is 0 Å². The fraction of sp³-hybridized carbons (Fsp3) is 0.667. The van der Waals surface area contributed by atoms with Gasteiger partial charge in [0.25, 0.3) is 0 Å². The minimum atomic E-state index is 0.337. The zero-order chi connectivity index (χ0) is 14.8. The van der Waals surface area contributed by atoms with Gasteiger partial charge in [-0.05, 0) is 14.1 Å². The van der Waals surface area contributed by atoms with Crippen LogP contribution in [0.1, 0.15) is 5.82 Å². The third kappa shape index (κ3) is 6.62. The molecular weight excluding hydrogens is 260 g/mol. The van der Waals surface area contributed by atoms with E-state index in [4.69, 9.17) is 15.3 Å². The van der Waals surface area contributed by atoms with E-state index in [2.05, 4.69) is 25.6 Å². The first kappa shape index (κ1) is 16.6. The summed E-state index contributed by atoms with van der Waals surface area (Å²) >= 11 is 0. The van der Waals surface area contributed by atoms with Crippen molar-refractivity contribution in [1.29, 1.82) is 0 Å². The van der Waals surface area contributed by atoms with E-state index in [1.54, 1.807) is 13.2 Å². The minimum absolute atomic E-state index is 0.337. The molecule has 0 saturated carbocycles. The van der Waals surface area contributed by atoms with Crippen LogP contribution >= 0.6 is 0 Å². The van der Waals surface area contributed by atoms with Crippen LogP contribution in [0.5, 0.6) is 0 Å². The fourth-order valence-electron chi connectivity index (χ4n) is 1.46. The summed E-state index contributed by atoms with van der Waals surface area (Å²) in [6.45, 7) is 3.24. The number of hydrogen-bond donors (Lipinski definition) is 3. The third-order valence-corrected chi connectivity index (χ3v) is 2.43. The van der Waals surface area contributed by atoms with Gasteiger partial charge < -0.3 is 25.1 Å². The lowest BCUT2D eigenvalue weighted by atomic mass is 10.4. The van der Waals surface area contributed by atoms with Crippen molar-refractivity contribution in [2.75, 3.05) is 58.3 Å². The number of hydrazine groups is 1. The highest BCUT2D eigenvalue weighted by Gasteiger charge is 2.03. The lowest BCUT2D eigenvalue weighted by molar-refractivity contribution is 0.126. The number of anilines is 2. The summed E-state index contributed by atoms with van der Waals surface area (Å²) in [5, 5.41) is 3.17. The summed E-state index contributed by atoms with van der Waals surface area (Å²) in [4.78, 5) is 10.6. The molecule has 0 unspecified atom stereocenters. The van der Waals surface area contributed by atoms with Crippen LogP contribution in [0, 0.1) is 0 Å². The van der Waals surface area contributed by atoms with E-state index in [9.17, 15) is 0 Å². The molecule has 0 saturated heterocycles. The van der Waals surface area contributed by atoms with Crippen molar-refractivity contribution in [2.24, 2.45) is 5.84 Å². The van der Waals surface area contributed by atoms with E-state index in [1.165, 1.54) is 0 Å². The van der Waals surface area contributed by atoms with E-state index >= 15 is 0 Å². The first-order valence-electron chi connectivity index (χ1n) is 6.45. The van der Waals surface area contributed by atoms with Gasteiger partial charge in [0.1, 0.15) is 18.2 Å². The van der Waals surface area contributed by atoms with Crippen molar-refractivity contribution < 1.29 is 9.47 Å². The molecule has 1 aromatic heterocycles. The lowest BCUT2D eigenvalue weighted by Crippen LogP contribution is -2.20. The zero-order valence-corrected chi connectivity index (χ0v) is 12.3. The SMILES string of the molecule is COCc1nc(NN)cc(NCCOCCN(C)C)n1. The second-order valence-corrected chi connectivity index (χ2v) is 4.47. The van der Waals surface area contributed by atoms with Crippen molar-refractivity contribution in [3.05, 3.63) is 11.9 Å². The number of ether oxygens (including phenoxy) is 2. The average molecular weight is 284 g/mol. The van der Waals surface area contributed by atoms with E-state index in [1.807, 2.05) is 14.1 Å². The molecule has 0 radical (unpaired) electrons. The second-order valence-electron chi connectivity index (χ2n) is 4.47. The summed E-state index contributed by atoms with van der Waals surface area (Å²) < 4.78 is 10.5. The van der Waals surface area contributed by atoms with Crippen LogP contribution in [0.2, 0.25) is 0 Å². The smallest absolute Gasteiger partial charge is 0.158 e. The minimum Gasteiger partial charge on any atom is -0.378 e. The maximum atomic E-state index is 5.49. The van der Waals surface area contributed by atoms with Crippen molar-refractivity contribution in [3.63, 3.8) is 0 Å². The maximum Gasteiger partial charge on any atom is 0.158 e. The normalized spacial score (nSPS) is 10.8. The van der Waals surface area contributed by atoms with Gasteiger partial charge in [0.2, 0.25) is 0 Å². The summed E-state index contributed by atoms with van der Waals surface area (Å²) in [6.07, 6.45) is 0. The molecule has 0 aliphatic carbocycles. The molecule has 1 rings (SSSR count). The molecule has 0 aliphatic rings. The van der Waals surface area contributed by atoms with Crippen LogP contribution in [-0.4, -0.2) is 62.4 Å². The zero-order valence-electron chi connectivity index (χ0n) is 12.3. The molecule has 114 valence electrons. The quantitative estimate of drug-likeness (QED) is 0.311. The molecule has 1 heterocycles. The number of nitrogens with one attached hydrogen (secondary N) is 2. The van der Waals surface area contributed by atoms with E-state index in [0.717, 1.165) is 6.54 Å². The molecule has 0 fully saturated rings. The molecule has 8 nitrogen and oxygen atoms in total. The van der Waals surface area contributed by atoms with Crippen LogP contribution < -0.4 is 16.6 Å². The summed E-state index contributed by atoms with van der Waals surface area (Å²) in [6, 6.07) is 1.74. The van der Waals surface area contributed by atoms with E-state index < -0.39 is 0 Å². The number of hydrogen-bond acceptors (Lipinski definition) is 8. The Bertz CT molecular complexity index is 388. The standard InChI is InChI=1S/C12H24N6O2/c1-18(2)5-7-20-6-4-14-10-8-11(17-13)16-12(15-10)9-19-3/h8H,4-7,9,13H2,1-3H3,(H2,14,15,16,17). The highest BCUT2D eigenvalue weighted by Crippen LogP contribution is 2.10. The fourth-order valence-corrected chi connectivity index (χ4v) is 1.46. The number of nitrogen functional groups attached to an aromatic ring is 1. The average Bonchev–Trinajstić information content (AvgIpc) is 2.42. The number of methoxy groups -OCH3 is 1. The molecule has 1 aromatic rings. The molecule has 0 atom stereocenters. The van der Waals surface area contributed by atoms with Crippen molar-refractivity contribution in [1.82, 2.24) is 14.9 Å². The molecule has 0 bridgehead atoms. The highest BCUT2D eigenvalue weighted by molar-refractivity contribution is 5.46. The Morgan fingerprint density at radius 2 is 2.00 bits per heavy atom. The molecule has 8 heteroatoms. The van der Waals surface area contributed by atoms with Gasteiger partial charge in [-0.15, -0.1) is 0 Å². The first-order valence-corrected chi connectivity index (χ1v) is 6.45. The van der Waals surface area contributed by atoms with Crippen LogP contribution in [0.15, 0.2) is 6.07 Å². The molecule has 0 amide bonds. The monoisotopic (exact) mass is 284 g/mol. The van der Waals surface area contributed by atoms with Crippen LogP contribution in [-0.2, 0) is 16.1 Å². The predicted octanol–water partition coefficient (Wildman–Crippen LogP) is -0.101. The molecule has 0 aliphatic heterocycles. The third-order valence-electron chi connectivity index (χ3n) is 2.43. The Kier molecular flexibility index (Phi) is 7.81.